The summed E-state index contributed by atoms with van der Waals surface area (Å²) in [5.74, 6) is -0.754. The van der Waals surface area contributed by atoms with Crippen LogP contribution >= 0.6 is 0 Å². The van der Waals surface area contributed by atoms with Crippen molar-refractivity contribution in [1.29, 1.82) is 0 Å². The van der Waals surface area contributed by atoms with Crippen LogP contribution in [0.5, 0.6) is 0 Å². The predicted octanol–water partition coefficient (Wildman–Crippen LogP) is 1.40. The van der Waals surface area contributed by atoms with Crippen LogP contribution in [-0.2, 0) is 0 Å². The van der Waals surface area contributed by atoms with Gasteiger partial charge in [0.2, 0.25) is 0 Å². The minimum atomic E-state index is -0.526. The van der Waals surface area contributed by atoms with Gasteiger partial charge >= 0.3 is 0 Å². The number of nitrogens with zero attached hydrogens (tertiary/aromatic N) is 1. The Hall–Kier alpha value is -1.29. The van der Waals surface area contributed by atoms with Crippen molar-refractivity contribution >= 4 is 5.78 Å². The van der Waals surface area contributed by atoms with Gasteiger partial charge in [0, 0.05) is 18.2 Å². The van der Waals surface area contributed by atoms with Gasteiger partial charge in [-0.3, -0.25) is 9.78 Å². The molecule has 0 aliphatic carbocycles. The number of hydrogen-bond donors (Lipinski definition) is 1. The van der Waals surface area contributed by atoms with Crippen LogP contribution in [0.2, 0.25) is 0 Å². The molecule has 80 valence electrons. The van der Waals surface area contributed by atoms with E-state index in [2.05, 4.69) is 10.3 Å². The lowest BCUT2D eigenvalue weighted by atomic mass is 9.92. The molecule has 2 atom stereocenters. The smallest absolute Gasteiger partial charge is 0.170 e. The molecule has 1 aromatic rings. The Labute approximate surface area is 87.7 Å². The highest BCUT2D eigenvalue weighted by atomic mass is 19.1. The van der Waals surface area contributed by atoms with Crippen LogP contribution in [0.25, 0.3) is 0 Å². The SMILES string of the molecule is CC1NCCC1C(=O)c1ccncc1F. The summed E-state index contributed by atoms with van der Waals surface area (Å²) in [6.07, 6.45) is 3.31. The van der Waals surface area contributed by atoms with Crippen molar-refractivity contribution in [3.63, 3.8) is 0 Å². The van der Waals surface area contributed by atoms with Crippen molar-refractivity contribution in [2.75, 3.05) is 6.54 Å². The molecular formula is C11H13FN2O. The van der Waals surface area contributed by atoms with E-state index in [9.17, 15) is 9.18 Å². The molecule has 2 rings (SSSR count). The number of rotatable bonds is 2. The molecule has 0 amide bonds. The summed E-state index contributed by atoms with van der Waals surface area (Å²) in [6, 6.07) is 1.58. The summed E-state index contributed by atoms with van der Waals surface area (Å²) in [4.78, 5) is 15.6. The highest BCUT2D eigenvalue weighted by Crippen LogP contribution is 2.21. The first kappa shape index (κ1) is 10.2. The summed E-state index contributed by atoms with van der Waals surface area (Å²) in [7, 11) is 0. The third-order valence-electron chi connectivity index (χ3n) is 2.90. The number of hydrogen-bond acceptors (Lipinski definition) is 3. The number of halogens is 1. The maximum absolute atomic E-state index is 13.3. The fraction of sp³-hybridized carbons (Fsp3) is 0.455. The predicted molar refractivity (Wildman–Crippen MR) is 54.1 cm³/mol. The Morgan fingerprint density at radius 3 is 3.07 bits per heavy atom. The maximum Gasteiger partial charge on any atom is 0.170 e. The average molecular weight is 208 g/mol. The second kappa shape index (κ2) is 4.06. The second-order valence-corrected chi connectivity index (χ2v) is 3.86. The molecule has 1 aliphatic rings. The molecule has 0 bridgehead atoms. The first-order chi connectivity index (χ1) is 7.20. The molecule has 0 radical (unpaired) electrons. The molecule has 1 aliphatic heterocycles. The molecule has 15 heavy (non-hydrogen) atoms. The van der Waals surface area contributed by atoms with E-state index in [0.29, 0.717) is 0 Å². The Kier molecular flexibility index (Phi) is 2.77. The number of pyridine rings is 1. The first-order valence-electron chi connectivity index (χ1n) is 5.07. The summed E-state index contributed by atoms with van der Waals surface area (Å²) in [5.41, 5.74) is 0.158. The zero-order valence-electron chi connectivity index (χ0n) is 8.53. The number of ketones is 1. The van der Waals surface area contributed by atoms with Gasteiger partial charge in [0.25, 0.3) is 0 Å². The van der Waals surface area contributed by atoms with E-state index in [1.54, 1.807) is 0 Å². The molecule has 1 fully saturated rings. The van der Waals surface area contributed by atoms with E-state index in [0.717, 1.165) is 19.2 Å². The highest BCUT2D eigenvalue weighted by molar-refractivity contribution is 5.98. The first-order valence-corrected chi connectivity index (χ1v) is 5.07. The third-order valence-corrected chi connectivity index (χ3v) is 2.90. The van der Waals surface area contributed by atoms with Crippen molar-refractivity contribution in [3.05, 3.63) is 29.8 Å². The van der Waals surface area contributed by atoms with Crippen LogP contribution < -0.4 is 5.32 Å². The van der Waals surface area contributed by atoms with Crippen molar-refractivity contribution in [1.82, 2.24) is 10.3 Å². The van der Waals surface area contributed by atoms with Gasteiger partial charge < -0.3 is 5.32 Å². The quantitative estimate of drug-likeness (QED) is 0.747. The summed E-state index contributed by atoms with van der Waals surface area (Å²) >= 11 is 0. The molecule has 2 unspecified atom stereocenters. The van der Waals surface area contributed by atoms with Gasteiger partial charge in [-0.25, -0.2) is 4.39 Å². The van der Waals surface area contributed by atoms with Gasteiger partial charge in [-0.1, -0.05) is 0 Å². The topological polar surface area (TPSA) is 42.0 Å². The van der Waals surface area contributed by atoms with Gasteiger partial charge in [0.15, 0.2) is 11.6 Å². The molecule has 0 aromatic carbocycles. The molecule has 0 spiro atoms. The lowest BCUT2D eigenvalue weighted by Gasteiger charge is -2.13. The van der Waals surface area contributed by atoms with Crippen molar-refractivity contribution in [2.45, 2.75) is 19.4 Å². The van der Waals surface area contributed by atoms with Crippen LogP contribution in [0.1, 0.15) is 23.7 Å². The molecule has 2 heterocycles. The lowest BCUT2D eigenvalue weighted by Crippen LogP contribution is -2.28. The van der Waals surface area contributed by atoms with Crippen LogP contribution in [0.15, 0.2) is 18.5 Å². The summed E-state index contributed by atoms with van der Waals surface area (Å²) in [5, 5.41) is 3.18. The monoisotopic (exact) mass is 208 g/mol. The van der Waals surface area contributed by atoms with E-state index < -0.39 is 5.82 Å². The largest absolute Gasteiger partial charge is 0.313 e. The fourth-order valence-electron chi connectivity index (χ4n) is 1.99. The molecule has 1 aromatic heterocycles. The summed E-state index contributed by atoms with van der Waals surface area (Å²) < 4.78 is 13.3. The van der Waals surface area contributed by atoms with Gasteiger partial charge in [-0.15, -0.1) is 0 Å². The van der Waals surface area contributed by atoms with Crippen molar-refractivity contribution < 1.29 is 9.18 Å². The lowest BCUT2D eigenvalue weighted by molar-refractivity contribution is 0.0909. The fourth-order valence-corrected chi connectivity index (χ4v) is 1.99. The number of Topliss-reactive ketones (excluding diaryl/α,β-unsaturated/α-hetero) is 1. The van der Waals surface area contributed by atoms with Crippen LogP contribution in [-0.4, -0.2) is 23.4 Å². The summed E-state index contributed by atoms with van der Waals surface area (Å²) in [6.45, 7) is 2.78. The van der Waals surface area contributed by atoms with E-state index in [-0.39, 0.29) is 23.3 Å². The number of nitrogens with one attached hydrogen (secondary N) is 1. The number of carbonyl (C=O) groups excluding carboxylic acids is 1. The average Bonchev–Trinajstić information content (AvgIpc) is 2.64. The van der Waals surface area contributed by atoms with E-state index in [1.807, 2.05) is 6.92 Å². The van der Waals surface area contributed by atoms with E-state index in [1.165, 1.54) is 12.3 Å². The molecule has 1 N–H and O–H groups in total. The van der Waals surface area contributed by atoms with Crippen molar-refractivity contribution in [3.8, 4) is 0 Å². The van der Waals surface area contributed by atoms with E-state index >= 15 is 0 Å². The highest BCUT2D eigenvalue weighted by Gasteiger charge is 2.31. The Morgan fingerprint density at radius 2 is 2.47 bits per heavy atom. The second-order valence-electron chi connectivity index (χ2n) is 3.86. The zero-order chi connectivity index (χ0) is 10.8. The van der Waals surface area contributed by atoms with Crippen LogP contribution in [0.4, 0.5) is 4.39 Å². The Balaban J connectivity index is 2.24. The molecule has 1 saturated heterocycles. The van der Waals surface area contributed by atoms with Gasteiger partial charge in [0.05, 0.1) is 11.8 Å². The van der Waals surface area contributed by atoms with Crippen LogP contribution in [0, 0.1) is 11.7 Å². The van der Waals surface area contributed by atoms with Gasteiger partial charge in [0.1, 0.15) is 0 Å². The van der Waals surface area contributed by atoms with E-state index in [4.69, 9.17) is 0 Å². The standard InChI is InChI=1S/C11H13FN2O/c1-7-8(3-5-14-7)11(15)9-2-4-13-6-10(9)12/h2,4,6-8,14H,3,5H2,1H3. The third kappa shape index (κ3) is 1.90. The molecule has 3 nitrogen and oxygen atoms in total. The molecule has 0 saturated carbocycles. The number of aromatic nitrogens is 1. The minimum absolute atomic E-state index is 0.109. The zero-order valence-corrected chi connectivity index (χ0v) is 8.53. The molecule has 4 heteroatoms. The minimum Gasteiger partial charge on any atom is -0.313 e. The van der Waals surface area contributed by atoms with Crippen LogP contribution in [0.3, 0.4) is 0 Å². The Morgan fingerprint density at radius 1 is 1.67 bits per heavy atom. The normalized spacial score (nSPS) is 25.5. The number of carbonyl (C=O) groups is 1. The van der Waals surface area contributed by atoms with Gasteiger partial charge in [-0.05, 0) is 26.0 Å². The maximum atomic E-state index is 13.3. The van der Waals surface area contributed by atoms with Gasteiger partial charge in [-0.2, -0.15) is 0 Å². The molecular weight excluding hydrogens is 195 g/mol. The van der Waals surface area contributed by atoms with Crippen molar-refractivity contribution in [2.24, 2.45) is 5.92 Å². The Bertz CT molecular complexity index is 381.